The Morgan fingerprint density at radius 2 is 2.00 bits per heavy atom. The molecule has 4 rings (SSSR count). The van der Waals surface area contributed by atoms with Gasteiger partial charge >= 0.3 is 0 Å². The zero-order valence-corrected chi connectivity index (χ0v) is 14.1. The minimum atomic E-state index is -0.217. The summed E-state index contributed by atoms with van der Waals surface area (Å²) in [5.41, 5.74) is 5.31. The van der Waals surface area contributed by atoms with Crippen LogP contribution in [0.5, 0.6) is 0 Å². The third-order valence-electron chi connectivity index (χ3n) is 4.49. The Kier molecular flexibility index (Phi) is 3.77. The van der Waals surface area contributed by atoms with Crippen molar-refractivity contribution in [3.63, 3.8) is 0 Å². The zero-order valence-electron chi connectivity index (χ0n) is 13.3. The largest absolute Gasteiger partial charge is 0.369 e. The highest BCUT2D eigenvalue weighted by Gasteiger charge is 2.23. The molecule has 0 atom stereocenters. The van der Waals surface area contributed by atoms with E-state index in [1.54, 1.807) is 0 Å². The average Bonchev–Trinajstić information content (AvgIpc) is 3.16. The van der Waals surface area contributed by atoms with Gasteiger partial charge in [0.15, 0.2) is 0 Å². The van der Waals surface area contributed by atoms with Crippen molar-refractivity contribution >= 4 is 17.4 Å². The van der Waals surface area contributed by atoms with E-state index in [0.717, 1.165) is 46.3 Å². The molecule has 0 amide bonds. The molecule has 0 radical (unpaired) electrons. The maximum absolute atomic E-state index is 13.1. The Bertz CT molecular complexity index is 900. The molecular weight excluding hydrogens is 325 g/mol. The van der Waals surface area contributed by atoms with Crippen LogP contribution in [-0.2, 0) is 12.8 Å². The molecule has 1 aliphatic rings. The van der Waals surface area contributed by atoms with Crippen LogP contribution in [0.3, 0.4) is 0 Å². The van der Waals surface area contributed by atoms with Crippen molar-refractivity contribution in [2.24, 2.45) is 0 Å². The lowest BCUT2D eigenvalue weighted by atomic mass is 10.1. The molecule has 5 heteroatoms. The molecule has 0 saturated carbocycles. The molecule has 24 heavy (non-hydrogen) atoms. The van der Waals surface area contributed by atoms with E-state index in [0.29, 0.717) is 6.42 Å². The molecule has 1 aromatic heterocycles. The second-order valence-electron chi connectivity index (χ2n) is 6.05. The lowest BCUT2D eigenvalue weighted by Crippen LogP contribution is -2.06. The smallest absolute Gasteiger partial charge is 0.133 e. The van der Waals surface area contributed by atoms with Crippen LogP contribution < -0.4 is 5.32 Å². The number of anilines is 1. The minimum Gasteiger partial charge on any atom is -0.369 e. The zero-order chi connectivity index (χ0) is 16.7. The van der Waals surface area contributed by atoms with Crippen molar-refractivity contribution in [3.05, 3.63) is 75.7 Å². The molecular formula is C19H17ClFN3. The molecule has 2 heterocycles. The van der Waals surface area contributed by atoms with Crippen molar-refractivity contribution in [2.75, 3.05) is 11.9 Å². The second kappa shape index (κ2) is 5.95. The summed E-state index contributed by atoms with van der Waals surface area (Å²) < 4.78 is 15.1. The quantitative estimate of drug-likeness (QED) is 0.758. The molecule has 0 spiro atoms. The van der Waals surface area contributed by atoms with Crippen molar-refractivity contribution in [2.45, 2.75) is 19.8 Å². The van der Waals surface area contributed by atoms with Gasteiger partial charge in [0.05, 0.1) is 11.4 Å². The molecule has 0 saturated heterocycles. The Hall–Kier alpha value is -2.33. The number of rotatable bonds is 3. The maximum atomic E-state index is 13.1. The highest BCUT2D eigenvalue weighted by molar-refractivity contribution is 6.31. The third-order valence-corrected chi connectivity index (χ3v) is 4.90. The van der Waals surface area contributed by atoms with E-state index in [1.165, 1.54) is 17.7 Å². The van der Waals surface area contributed by atoms with Crippen LogP contribution in [0.4, 0.5) is 10.2 Å². The predicted molar refractivity (Wildman–Crippen MR) is 94.7 cm³/mol. The number of aromatic nitrogens is 2. The van der Waals surface area contributed by atoms with Gasteiger partial charge in [-0.2, -0.15) is 5.10 Å². The van der Waals surface area contributed by atoms with Gasteiger partial charge in [-0.3, -0.25) is 0 Å². The number of nitrogens with zero attached hydrogens (tertiary/aromatic N) is 2. The van der Waals surface area contributed by atoms with Gasteiger partial charge in [0.1, 0.15) is 11.6 Å². The van der Waals surface area contributed by atoms with E-state index < -0.39 is 0 Å². The molecule has 3 nitrogen and oxygen atoms in total. The van der Waals surface area contributed by atoms with E-state index in [1.807, 2.05) is 41.9 Å². The number of fused-ring (bicyclic) bond motifs is 1. The van der Waals surface area contributed by atoms with Crippen LogP contribution in [0.15, 0.2) is 42.5 Å². The van der Waals surface area contributed by atoms with E-state index in [-0.39, 0.29) is 5.82 Å². The monoisotopic (exact) mass is 341 g/mol. The van der Waals surface area contributed by atoms with Gasteiger partial charge in [-0.1, -0.05) is 29.8 Å². The molecule has 1 aliphatic heterocycles. The number of halogens is 2. The SMILES string of the molecule is Cc1c(Cl)cccc1-n1nc(Cc2ccc(F)cc2)c2c1NCC2. The second-order valence-corrected chi connectivity index (χ2v) is 6.46. The van der Waals surface area contributed by atoms with Gasteiger partial charge in [0, 0.05) is 23.6 Å². The van der Waals surface area contributed by atoms with Crippen LogP contribution in [0.1, 0.15) is 22.4 Å². The van der Waals surface area contributed by atoms with Gasteiger partial charge in [-0.25, -0.2) is 9.07 Å². The summed E-state index contributed by atoms with van der Waals surface area (Å²) in [6, 6.07) is 12.5. The first kappa shape index (κ1) is 15.2. The Labute approximate surface area is 145 Å². The maximum Gasteiger partial charge on any atom is 0.133 e. The fourth-order valence-corrected chi connectivity index (χ4v) is 3.35. The summed E-state index contributed by atoms with van der Waals surface area (Å²) in [4.78, 5) is 0. The molecule has 1 N–H and O–H groups in total. The van der Waals surface area contributed by atoms with Gasteiger partial charge in [0.25, 0.3) is 0 Å². The van der Waals surface area contributed by atoms with E-state index in [2.05, 4.69) is 5.32 Å². The summed E-state index contributed by atoms with van der Waals surface area (Å²) in [6.07, 6.45) is 1.64. The van der Waals surface area contributed by atoms with Gasteiger partial charge in [-0.15, -0.1) is 0 Å². The van der Waals surface area contributed by atoms with E-state index >= 15 is 0 Å². The van der Waals surface area contributed by atoms with Crippen molar-refractivity contribution < 1.29 is 4.39 Å². The van der Waals surface area contributed by atoms with Gasteiger partial charge < -0.3 is 5.32 Å². The van der Waals surface area contributed by atoms with Crippen LogP contribution >= 0.6 is 11.6 Å². The highest BCUT2D eigenvalue weighted by atomic mass is 35.5. The lowest BCUT2D eigenvalue weighted by Gasteiger charge is -2.10. The summed E-state index contributed by atoms with van der Waals surface area (Å²) in [6.45, 7) is 2.91. The van der Waals surface area contributed by atoms with Crippen molar-refractivity contribution in [3.8, 4) is 5.69 Å². The molecule has 0 aliphatic carbocycles. The van der Waals surface area contributed by atoms with Crippen molar-refractivity contribution in [1.29, 1.82) is 0 Å². The number of benzene rings is 2. The third kappa shape index (κ3) is 2.57. The normalized spacial score (nSPS) is 13.0. The first-order valence-electron chi connectivity index (χ1n) is 7.98. The summed E-state index contributed by atoms with van der Waals surface area (Å²) >= 11 is 6.27. The fraction of sp³-hybridized carbons (Fsp3) is 0.211. The molecule has 0 bridgehead atoms. The molecule has 0 fully saturated rings. The van der Waals surface area contributed by atoms with Crippen LogP contribution in [-0.4, -0.2) is 16.3 Å². The molecule has 122 valence electrons. The Morgan fingerprint density at radius 1 is 1.21 bits per heavy atom. The van der Waals surface area contributed by atoms with Crippen molar-refractivity contribution in [1.82, 2.24) is 9.78 Å². The number of nitrogens with one attached hydrogen (secondary N) is 1. The lowest BCUT2D eigenvalue weighted by molar-refractivity contribution is 0.627. The average molecular weight is 342 g/mol. The van der Waals surface area contributed by atoms with Crippen LogP contribution in [0.25, 0.3) is 5.69 Å². The van der Waals surface area contributed by atoms with Crippen LogP contribution in [0, 0.1) is 12.7 Å². The van der Waals surface area contributed by atoms with Crippen LogP contribution in [0.2, 0.25) is 5.02 Å². The van der Waals surface area contributed by atoms with E-state index in [9.17, 15) is 4.39 Å². The summed E-state index contributed by atoms with van der Waals surface area (Å²) in [5.74, 6) is 0.822. The molecule has 0 unspecified atom stereocenters. The van der Waals surface area contributed by atoms with Gasteiger partial charge in [0.2, 0.25) is 0 Å². The fourth-order valence-electron chi connectivity index (χ4n) is 3.18. The standard InChI is InChI=1S/C19H17ClFN3/c1-12-16(20)3-2-4-18(12)24-19-15(9-10-22-19)17(23-24)11-13-5-7-14(21)8-6-13/h2-8,22H,9-11H2,1H3. The Morgan fingerprint density at radius 3 is 2.79 bits per heavy atom. The summed E-state index contributed by atoms with van der Waals surface area (Å²) in [5, 5.41) is 8.98. The van der Waals surface area contributed by atoms with E-state index in [4.69, 9.17) is 16.7 Å². The predicted octanol–water partition coefficient (Wildman–Crippen LogP) is 4.53. The number of hydrogen-bond donors (Lipinski definition) is 1. The van der Waals surface area contributed by atoms with Gasteiger partial charge in [-0.05, 0) is 48.7 Å². The summed E-state index contributed by atoms with van der Waals surface area (Å²) in [7, 11) is 0. The minimum absolute atomic E-state index is 0.217. The first-order valence-corrected chi connectivity index (χ1v) is 8.36. The molecule has 3 aromatic rings. The first-order chi connectivity index (χ1) is 11.6. The highest BCUT2D eigenvalue weighted by Crippen LogP contribution is 2.32. The number of hydrogen-bond acceptors (Lipinski definition) is 2. The molecule has 2 aromatic carbocycles. The topological polar surface area (TPSA) is 29.9 Å². The Balaban J connectivity index is 1.77.